The van der Waals surface area contributed by atoms with E-state index in [1.807, 2.05) is 0 Å². The fourth-order valence-electron chi connectivity index (χ4n) is 7.53. The molecule has 426 valence electrons. The zero-order chi connectivity index (χ0) is 57.6. The number of nitrogens with two attached hydrogens (primary N) is 7. The first-order valence-electron chi connectivity index (χ1n) is 25.1. The lowest BCUT2D eigenvalue weighted by molar-refractivity contribution is -0.142. The monoisotopic (exact) mass is 1080 g/mol. The summed E-state index contributed by atoms with van der Waals surface area (Å²) in [6, 6.07) is 2.36. The molecule has 0 saturated carbocycles. The number of nitrogens with zero attached hydrogens (tertiary/aromatic N) is 2. The van der Waals surface area contributed by atoms with E-state index >= 15 is 0 Å². The van der Waals surface area contributed by atoms with Crippen LogP contribution in [-0.4, -0.2) is 155 Å². The topological polar surface area (TPSA) is 505 Å². The standard InChI is InChI=1S/C49H78N16O12/c1-27(2)22-34(43(72)65-38(26-66)46(75)64-37(47(76)77)24-28-10-4-3-5-11-28)61-44(73)35(23-29-15-17-30(67)18-16-29)62-42(71)33(14-9-21-58-49(55)56)60-45(74)36(25-39(52)68)63-41(70)32(13-6-7-19-50)59-40(69)31(51)12-8-20-57-48(53)54/h3-5,10-11,15-18,27,31-38,66-67H,6-9,12-14,19-26,50-51H2,1-2H3,(H2,52,68)(H,59,69)(H,60,74)(H,61,73)(H,62,71)(H,63,70)(H,64,75)(H,65,72)(H,76,77)(H4,53,54,57)(H4,55,56,58)/t31-,32-,33-,34-,35-,36-,37-,38-/m0/s1. The number of benzene rings is 2. The summed E-state index contributed by atoms with van der Waals surface area (Å²) in [5.74, 6) is -9.78. The molecule has 2 aromatic carbocycles. The van der Waals surface area contributed by atoms with Gasteiger partial charge in [0.05, 0.1) is 19.1 Å². The van der Waals surface area contributed by atoms with Gasteiger partial charge in [-0.2, -0.15) is 0 Å². The van der Waals surface area contributed by atoms with Crippen molar-refractivity contribution in [2.45, 2.75) is 133 Å². The molecule has 77 heavy (non-hydrogen) atoms. The lowest BCUT2D eigenvalue weighted by atomic mass is 10.00. The SMILES string of the molecule is CC(C)C[C@H](NC(=O)[C@H](Cc1ccc(O)cc1)NC(=O)[C@H](CCCN=C(N)N)NC(=O)[C@H](CC(N)=O)NC(=O)[C@H](CCCCN)NC(=O)[C@@H](N)CCCN=C(N)N)C(=O)N[C@@H](CO)C(=O)N[C@@H](Cc1ccccc1)C(=O)O. The summed E-state index contributed by atoms with van der Waals surface area (Å²) in [4.78, 5) is 129. The smallest absolute Gasteiger partial charge is 0.326 e. The number of rotatable bonds is 36. The number of hydrogen-bond acceptors (Lipinski definition) is 15. The molecule has 0 bridgehead atoms. The van der Waals surface area contributed by atoms with Crippen molar-refractivity contribution in [2.75, 3.05) is 26.2 Å². The van der Waals surface area contributed by atoms with Crippen molar-refractivity contribution >= 4 is 65.1 Å². The zero-order valence-corrected chi connectivity index (χ0v) is 43.5. The molecule has 0 saturated heterocycles. The van der Waals surface area contributed by atoms with Gasteiger partial charge < -0.3 is 92.7 Å². The highest BCUT2D eigenvalue weighted by Gasteiger charge is 2.35. The van der Waals surface area contributed by atoms with Crippen LogP contribution in [0.2, 0.25) is 0 Å². The number of amides is 8. The number of aliphatic hydroxyl groups is 1. The van der Waals surface area contributed by atoms with Crippen LogP contribution in [0.4, 0.5) is 0 Å². The second kappa shape index (κ2) is 34.5. The molecule has 0 radical (unpaired) electrons. The minimum atomic E-state index is -1.72. The van der Waals surface area contributed by atoms with Gasteiger partial charge in [0.1, 0.15) is 48.0 Å². The lowest BCUT2D eigenvalue weighted by Crippen LogP contribution is -2.61. The first-order chi connectivity index (χ1) is 36.4. The van der Waals surface area contributed by atoms with Gasteiger partial charge in [0, 0.05) is 25.9 Å². The molecule has 8 amide bonds. The number of carboxylic acid groups (broad SMARTS) is 1. The summed E-state index contributed by atoms with van der Waals surface area (Å²) < 4.78 is 0. The highest BCUT2D eigenvalue weighted by atomic mass is 16.4. The minimum Gasteiger partial charge on any atom is -0.508 e. The Hall–Kier alpha value is -8.11. The highest BCUT2D eigenvalue weighted by Crippen LogP contribution is 2.14. The van der Waals surface area contributed by atoms with Crippen LogP contribution in [-0.2, 0) is 56.0 Å². The number of guanidine groups is 2. The Bertz CT molecular complexity index is 2310. The van der Waals surface area contributed by atoms with E-state index in [2.05, 4.69) is 47.2 Å². The molecule has 0 aliphatic heterocycles. The van der Waals surface area contributed by atoms with Crippen LogP contribution in [0.15, 0.2) is 64.6 Å². The van der Waals surface area contributed by atoms with Gasteiger partial charge in [-0.25, -0.2) is 4.79 Å². The molecule has 24 N–H and O–H groups in total. The van der Waals surface area contributed by atoms with Gasteiger partial charge in [-0.05, 0) is 87.1 Å². The van der Waals surface area contributed by atoms with E-state index < -0.39 is 115 Å². The van der Waals surface area contributed by atoms with E-state index in [9.17, 15) is 58.5 Å². The first kappa shape index (κ1) is 65.0. The van der Waals surface area contributed by atoms with Crippen molar-refractivity contribution in [3.63, 3.8) is 0 Å². The molecular formula is C49H78N16O12. The number of hydrogen-bond donors (Lipinski definition) is 17. The van der Waals surface area contributed by atoms with Crippen LogP contribution >= 0.6 is 0 Å². The molecule has 0 aliphatic carbocycles. The molecule has 28 nitrogen and oxygen atoms in total. The lowest BCUT2D eigenvalue weighted by Gasteiger charge is -2.28. The summed E-state index contributed by atoms with van der Waals surface area (Å²) in [5.41, 5.74) is 40.0. The van der Waals surface area contributed by atoms with Crippen molar-refractivity contribution in [2.24, 2.45) is 56.0 Å². The Labute approximate surface area is 446 Å². The Kier molecular flexibility index (Phi) is 29.1. The van der Waals surface area contributed by atoms with Gasteiger partial charge in [-0.3, -0.25) is 48.3 Å². The van der Waals surface area contributed by atoms with Crippen LogP contribution < -0.4 is 77.4 Å². The predicted molar refractivity (Wildman–Crippen MR) is 284 cm³/mol. The van der Waals surface area contributed by atoms with Gasteiger partial charge in [0.15, 0.2) is 11.9 Å². The highest BCUT2D eigenvalue weighted by molar-refractivity contribution is 5.98. The maximum absolute atomic E-state index is 14.4. The minimum absolute atomic E-state index is 0.0372. The average Bonchev–Trinajstić information content (AvgIpc) is 3.36. The molecule has 0 unspecified atom stereocenters. The molecule has 0 heterocycles. The number of phenols is 1. The fraction of sp³-hybridized carbons (Fsp3) is 0.531. The number of unbranched alkanes of at least 4 members (excludes halogenated alkanes) is 1. The van der Waals surface area contributed by atoms with Crippen LogP contribution in [0, 0.1) is 5.92 Å². The van der Waals surface area contributed by atoms with Gasteiger partial charge in [-0.15, -0.1) is 0 Å². The predicted octanol–water partition coefficient (Wildman–Crippen LogP) is -4.87. The Morgan fingerprint density at radius 1 is 0.519 bits per heavy atom. The van der Waals surface area contributed by atoms with E-state index in [1.54, 1.807) is 44.2 Å². The number of phenolic OH excluding ortho intramolecular Hbond substituents is 1. The van der Waals surface area contributed by atoms with Crippen LogP contribution in [0.25, 0.3) is 0 Å². The molecule has 0 fully saturated rings. The Morgan fingerprint density at radius 3 is 1.48 bits per heavy atom. The van der Waals surface area contributed by atoms with E-state index in [0.717, 1.165) is 0 Å². The van der Waals surface area contributed by atoms with Crippen molar-refractivity contribution in [3.05, 3.63) is 65.7 Å². The average molecular weight is 1080 g/mol. The largest absolute Gasteiger partial charge is 0.508 e. The van der Waals surface area contributed by atoms with Gasteiger partial charge in [0.25, 0.3) is 0 Å². The fourth-order valence-corrected chi connectivity index (χ4v) is 7.53. The molecule has 28 heteroatoms. The molecule has 2 rings (SSSR count). The number of aliphatic hydroxyl groups excluding tert-OH is 1. The third kappa shape index (κ3) is 25.8. The molecule has 0 spiro atoms. The van der Waals surface area contributed by atoms with E-state index in [0.29, 0.717) is 30.4 Å². The number of carbonyl (C=O) groups is 9. The number of aliphatic carboxylic acids is 1. The summed E-state index contributed by atoms with van der Waals surface area (Å²) in [7, 11) is 0. The summed E-state index contributed by atoms with van der Waals surface area (Å²) in [6.45, 7) is 2.92. The molecule has 2 aromatic rings. The molecular weight excluding hydrogens is 1000 g/mol. The van der Waals surface area contributed by atoms with Crippen LogP contribution in [0.5, 0.6) is 5.75 Å². The number of aromatic hydroxyl groups is 1. The molecule has 8 atom stereocenters. The van der Waals surface area contributed by atoms with Crippen molar-refractivity contribution in [1.29, 1.82) is 0 Å². The Morgan fingerprint density at radius 2 is 0.948 bits per heavy atom. The van der Waals surface area contributed by atoms with Gasteiger partial charge >= 0.3 is 5.97 Å². The molecule has 0 aromatic heterocycles. The third-order valence-electron chi connectivity index (χ3n) is 11.6. The van der Waals surface area contributed by atoms with Gasteiger partial charge in [-0.1, -0.05) is 56.3 Å². The summed E-state index contributed by atoms with van der Waals surface area (Å²) in [6.07, 6.45) is -0.00829. The van der Waals surface area contributed by atoms with Crippen LogP contribution in [0.1, 0.15) is 82.8 Å². The summed E-state index contributed by atoms with van der Waals surface area (Å²) >= 11 is 0. The van der Waals surface area contributed by atoms with Crippen molar-refractivity contribution < 1.29 is 58.5 Å². The van der Waals surface area contributed by atoms with E-state index in [1.165, 1.54) is 24.3 Å². The van der Waals surface area contributed by atoms with E-state index in [4.69, 9.17) is 40.1 Å². The maximum atomic E-state index is 14.4. The third-order valence-corrected chi connectivity index (χ3v) is 11.6. The number of carboxylic acids is 1. The maximum Gasteiger partial charge on any atom is 0.326 e. The second-order valence-corrected chi connectivity index (χ2v) is 18.6. The zero-order valence-electron chi connectivity index (χ0n) is 43.5. The van der Waals surface area contributed by atoms with Crippen molar-refractivity contribution in [3.8, 4) is 5.75 Å². The Balaban J connectivity index is 2.47. The first-order valence-corrected chi connectivity index (χ1v) is 25.1. The van der Waals surface area contributed by atoms with Gasteiger partial charge in [0.2, 0.25) is 47.3 Å². The van der Waals surface area contributed by atoms with Crippen molar-refractivity contribution in [1.82, 2.24) is 37.2 Å². The second-order valence-electron chi connectivity index (χ2n) is 18.6. The van der Waals surface area contributed by atoms with Crippen LogP contribution in [0.3, 0.4) is 0 Å². The normalized spacial score (nSPS) is 14.1. The molecule has 0 aliphatic rings. The summed E-state index contributed by atoms with van der Waals surface area (Å²) in [5, 5.41) is 47.5. The quantitative estimate of drug-likeness (QED) is 0.0173. The number of aliphatic imine (C=N–C) groups is 2. The number of carbonyl (C=O) groups excluding carboxylic acids is 8. The number of primary amides is 1. The number of nitrogens with one attached hydrogen (secondary N) is 7. The van der Waals surface area contributed by atoms with E-state index in [-0.39, 0.29) is 88.2 Å².